The highest BCUT2D eigenvalue weighted by molar-refractivity contribution is 5.71. The zero-order valence-corrected chi connectivity index (χ0v) is 8.89. The fourth-order valence-electron chi connectivity index (χ4n) is 2.41. The zero-order chi connectivity index (χ0) is 10.5. The van der Waals surface area contributed by atoms with Crippen LogP contribution in [0.15, 0.2) is 18.2 Å². The van der Waals surface area contributed by atoms with Gasteiger partial charge in [0, 0.05) is 25.6 Å². The summed E-state index contributed by atoms with van der Waals surface area (Å²) in [7, 11) is 2.05. The Kier molecular flexibility index (Phi) is 1.73. The third-order valence-electron chi connectivity index (χ3n) is 3.55. The van der Waals surface area contributed by atoms with Crippen molar-refractivity contribution in [2.45, 2.75) is 12.8 Å². The van der Waals surface area contributed by atoms with E-state index in [9.17, 15) is 4.39 Å². The molecule has 2 nitrogen and oxygen atoms in total. The maximum Gasteiger partial charge on any atom is 0.125 e. The topological polar surface area (TPSA) is 15.3 Å². The second kappa shape index (κ2) is 2.87. The molecule has 0 aromatic heterocycles. The monoisotopic (exact) mass is 206 g/mol. The van der Waals surface area contributed by atoms with Gasteiger partial charge < -0.3 is 10.2 Å². The fourth-order valence-corrected chi connectivity index (χ4v) is 2.41. The van der Waals surface area contributed by atoms with Crippen LogP contribution in [0.1, 0.15) is 12.8 Å². The van der Waals surface area contributed by atoms with Gasteiger partial charge in [0.1, 0.15) is 5.82 Å². The number of nitrogens with one attached hydrogen (secondary N) is 1. The van der Waals surface area contributed by atoms with Gasteiger partial charge in [-0.05, 0) is 31.0 Å². The summed E-state index contributed by atoms with van der Waals surface area (Å²) in [6.45, 7) is 2.06. The van der Waals surface area contributed by atoms with Gasteiger partial charge in [0.25, 0.3) is 0 Å². The molecular formula is C12H15FN2. The highest BCUT2D eigenvalue weighted by Crippen LogP contribution is 2.49. The van der Waals surface area contributed by atoms with Crippen LogP contribution in [0.25, 0.3) is 0 Å². The predicted octanol–water partition coefficient (Wildman–Crippen LogP) is 2.47. The van der Waals surface area contributed by atoms with E-state index >= 15 is 0 Å². The van der Waals surface area contributed by atoms with Crippen molar-refractivity contribution in [1.29, 1.82) is 0 Å². The number of anilines is 2. The lowest BCUT2D eigenvalue weighted by Gasteiger charge is -2.21. The van der Waals surface area contributed by atoms with Crippen molar-refractivity contribution in [1.82, 2.24) is 0 Å². The molecule has 0 atom stereocenters. The molecule has 1 fully saturated rings. The van der Waals surface area contributed by atoms with E-state index in [0.29, 0.717) is 5.41 Å². The van der Waals surface area contributed by atoms with Crippen molar-refractivity contribution in [2.24, 2.45) is 5.41 Å². The van der Waals surface area contributed by atoms with Gasteiger partial charge in [-0.25, -0.2) is 4.39 Å². The molecule has 3 rings (SSSR count). The minimum absolute atomic E-state index is 0.158. The molecule has 1 saturated carbocycles. The van der Waals surface area contributed by atoms with Crippen LogP contribution in [0.3, 0.4) is 0 Å². The van der Waals surface area contributed by atoms with Crippen molar-refractivity contribution < 1.29 is 4.39 Å². The van der Waals surface area contributed by atoms with Gasteiger partial charge in [0.05, 0.1) is 11.4 Å². The van der Waals surface area contributed by atoms with Crippen molar-refractivity contribution in [2.75, 3.05) is 30.4 Å². The lowest BCUT2D eigenvalue weighted by Crippen LogP contribution is -2.27. The van der Waals surface area contributed by atoms with E-state index < -0.39 is 0 Å². The van der Waals surface area contributed by atoms with Gasteiger partial charge in [0.15, 0.2) is 0 Å². The van der Waals surface area contributed by atoms with Gasteiger partial charge in [0.2, 0.25) is 0 Å². The van der Waals surface area contributed by atoms with E-state index in [0.717, 1.165) is 24.5 Å². The molecule has 1 aromatic rings. The SMILES string of the molecule is CN1CC2(CC2)CNc2ccc(F)cc21. The molecule has 1 aliphatic heterocycles. The van der Waals surface area contributed by atoms with Gasteiger partial charge in [-0.1, -0.05) is 0 Å². The zero-order valence-electron chi connectivity index (χ0n) is 8.89. The third kappa shape index (κ3) is 1.46. The van der Waals surface area contributed by atoms with E-state index in [1.165, 1.54) is 18.9 Å². The third-order valence-corrected chi connectivity index (χ3v) is 3.55. The predicted molar refractivity (Wildman–Crippen MR) is 59.8 cm³/mol. The van der Waals surface area contributed by atoms with Crippen LogP contribution in [0.2, 0.25) is 0 Å². The smallest absolute Gasteiger partial charge is 0.125 e. The molecule has 0 bridgehead atoms. The van der Waals surface area contributed by atoms with Crippen LogP contribution >= 0.6 is 0 Å². The Bertz CT molecular complexity index is 399. The molecule has 1 spiro atoms. The Balaban J connectivity index is 2.00. The number of nitrogens with zero attached hydrogens (tertiary/aromatic N) is 1. The van der Waals surface area contributed by atoms with Crippen molar-refractivity contribution >= 4 is 11.4 Å². The summed E-state index contributed by atoms with van der Waals surface area (Å²) in [5.74, 6) is -0.158. The van der Waals surface area contributed by atoms with Crippen LogP contribution < -0.4 is 10.2 Å². The number of halogens is 1. The Morgan fingerprint density at radius 2 is 2.20 bits per heavy atom. The minimum atomic E-state index is -0.158. The number of hydrogen-bond acceptors (Lipinski definition) is 2. The molecule has 3 heteroatoms. The first-order valence-electron chi connectivity index (χ1n) is 5.43. The summed E-state index contributed by atoms with van der Waals surface area (Å²) >= 11 is 0. The fraction of sp³-hybridized carbons (Fsp3) is 0.500. The first kappa shape index (κ1) is 9.01. The summed E-state index contributed by atoms with van der Waals surface area (Å²) in [4.78, 5) is 2.17. The Hall–Kier alpha value is -1.25. The van der Waals surface area contributed by atoms with Crippen LogP contribution in [-0.2, 0) is 0 Å². The van der Waals surface area contributed by atoms with Gasteiger partial charge in [-0.15, -0.1) is 0 Å². The summed E-state index contributed by atoms with van der Waals surface area (Å²) in [5, 5.41) is 3.43. The molecule has 0 saturated heterocycles. The standard InChI is InChI=1S/C12H15FN2/c1-15-8-12(4-5-12)7-14-10-3-2-9(13)6-11(10)15/h2-3,6,14H,4-5,7-8H2,1H3. The largest absolute Gasteiger partial charge is 0.383 e. The quantitative estimate of drug-likeness (QED) is 0.701. The van der Waals surface area contributed by atoms with Crippen molar-refractivity contribution in [3.05, 3.63) is 24.0 Å². The Labute approximate surface area is 89.1 Å². The maximum atomic E-state index is 13.2. The lowest BCUT2D eigenvalue weighted by molar-refractivity contribution is 0.548. The molecule has 0 unspecified atom stereocenters. The average molecular weight is 206 g/mol. The molecule has 0 radical (unpaired) electrons. The van der Waals surface area contributed by atoms with E-state index in [1.807, 2.05) is 13.1 Å². The van der Waals surface area contributed by atoms with E-state index in [4.69, 9.17) is 0 Å². The van der Waals surface area contributed by atoms with Crippen molar-refractivity contribution in [3.63, 3.8) is 0 Å². The number of hydrogen-bond donors (Lipinski definition) is 1. The molecule has 1 N–H and O–H groups in total. The first-order chi connectivity index (χ1) is 7.19. The molecular weight excluding hydrogens is 191 g/mol. The van der Waals surface area contributed by atoms with Gasteiger partial charge >= 0.3 is 0 Å². The molecule has 15 heavy (non-hydrogen) atoms. The van der Waals surface area contributed by atoms with Gasteiger partial charge in [-0.2, -0.15) is 0 Å². The Morgan fingerprint density at radius 1 is 1.40 bits per heavy atom. The van der Waals surface area contributed by atoms with Crippen LogP contribution in [0.4, 0.5) is 15.8 Å². The van der Waals surface area contributed by atoms with E-state index in [-0.39, 0.29) is 5.82 Å². The summed E-state index contributed by atoms with van der Waals surface area (Å²) in [6, 6.07) is 4.97. The molecule has 0 amide bonds. The molecule has 1 aromatic carbocycles. The highest BCUT2D eigenvalue weighted by Gasteiger charge is 2.44. The molecule has 1 aliphatic carbocycles. The highest BCUT2D eigenvalue weighted by atomic mass is 19.1. The van der Waals surface area contributed by atoms with Gasteiger partial charge in [-0.3, -0.25) is 0 Å². The van der Waals surface area contributed by atoms with E-state index in [1.54, 1.807) is 6.07 Å². The van der Waals surface area contributed by atoms with E-state index in [2.05, 4.69) is 10.2 Å². The number of rotatable bonds is 0. The maximum absolute atomic E-state index is 13.2. The van der Waals surface area contributed by atoms with Crippen LogP contribution in [-0.4, -0.2) is 20.1 Å². The van der Waals surface area contributed by atoms with Crippen molar-refractivity contribution in [3.8, 4) is 0 Å². The first-order valence-corrected chi connectivity index (χ1v) is 5.43. The Morgan fingerprint density at radius 3 is 2.93 bits per heavy atom. The molecule has 1 heterocycles. The van der Waals surface area contributed by atoms with Crippen LogP contribution in [0.5, 0.6) is 0 Å². The van der Waals surface area contributed by atoms with Crippen LogP contribution in [0, 0.1) is 11.2 Å². The average Bonchev–Trinajstić information content (AvgIpc) is 2.97. The molecule has 2 aliphatic rings. The minimum Gasteiger partial charge on any atom is -0.383 e. The lowest BCUT2D eigenvalue weighted by atomic mass is 10.1. The summed E-state index contributed by atoms with van der Waals surface area (Å²) in [6.07, 6.45) is 2.58. The summed E-state index contributed by atoms with van der Waals surface area (Å²) in [5.41, 5.74) is 2.49. The second-order valence-corrected chi connectivity index (χ2v) is 4.87. The number of benzene rings is 1. The second-order valence-electron chi connectivity index (χ2n) is 4.87. The summed E-state index contributed by atoms with van der Waals surface area (Å²) < 4.78 is 13.2. The normalized spacial score (nSPS) is 21.9. The molecule has 80 valence electrons. The number of fused-ring (bicyclic) bond motifs is 1.